The van der Waals surface area contributed by atoms with Crippen LogP contribution >= 0.6 is 0 Å². The summed E-state index contributed by atoms with van der Waals surface area (Å²) in [6.45, 7) is 19.5. The van der Waals surface area contributed by atoms with Crippen LogP contribution in [-0.2, 0) is 35.0 Å². The molecule has 0 saturated heterocycles. The van der Waals surface area contributed by atoms with E-state index in [0.29, 0.717) is 19.3 Å². The summed E-state index contributed by atoms with van der Waals surface area (Å²) in [5, 5.41) is 23.4. The van der Waals surface area contributed by atoms with Crippen LogP contribution in [0.4, 0.5) is 0 Å². The summed E-state index contributed by atoms with van der Waals surface area (Å²) in [6.07, 6.45) is 5.03. The number of hydrogen-bond acceptors (Lipinski definition) is 3. The Labute approximate surface area is 148 Å². The van der Waals surface area contributed by atoms with Crippen molar-refractivity contribution in [2.45, 2.75) is 59.3 Å². The van der Waals surface area contributed by atoms with Gasteiger partial charge in [-0.1, -0.05) is 20.8 Å². The SMILES string of the molecule is CCCC#N.CCCC#N.CCCC#N.[C-]#[O+].[C-]#[O+].[C-]#[O+].[W]. The summed E-state index contributed by atoms with van der Waals surface area (Å²) in [7, 11) is 0. The van der Waals surface area contributed by atoms with Crippen molar-refractivity contribution < 1.29 is 35.0 Å². The van der Waals surface area contributed by atoms with E-state index < -0.39 is 0 Å². The van der Waals surface area contributed by atoms with Gasteiger partial charge in [0.25, 0.3) is 0 Å². The number of unbranched alkanes of at least 4 members (excludes halogenated alkanes) is 3. The Morgan fingerprint density at radius 3 is 0.727 bits per heavy atom. The molecule has 120 valence electrons. The van der Waals surface area contributed by atoms with Crippen molar-refractivity contribution in [1.82, 2.24) is 0 Å². The molecule has 0 aromatic carbocycles. The fraction of sp³-hybridized carbons (Fsp3) is 0.600. The van der Waals surface area contributed by atoms with Gasteiger partial charge in [-0.25, -0.2) is 0 Å². The third-order valence-corrected chi connectivity index (χ3v) is 1.09. The van der Waals surface area contributed by atoms with Crippen LogP contribution in [0.3, 0.4) is 0 Å². The largest absolute Gasteiger partial charge is 0 e. The van der Waals surface area contributed by atoms with Crippen LogP contribution < -0.4 is 0 Å². The Morgan fingerprint density at radius 1 is 0.591 bits per heavy atom. The summed E-state index contributed by atoms with van der Waals surface area (Å²) in [6, 6.07) is 6.05. The first-order chi connectivity index (χ1) is 10.2. The predicted molar refractivity (Wildman–Crippen MR) is 73.4 cm³/mol. The molecule has 0 bridgehead atoms. The molecule has 0 amide bonds. The van der Waals surface area contributed by atoms with Gasteiger partial charge in [0.05, 0.1) is 18.2 Å². The van der Waals surface area contributed by atoms with E-state index >= 15 is 0 Å². The van der Waals surface area contributed by atoms with Gasteiger partial charge in [-0.05, 0) is 19.3 Å². The van der Waals surface area contributed by atoms with Gasteiger partial charge >= 0.3 is 33.9 Å². The molecule has 0 aliphatic carbocycles. The molecular formula is C15H21N3O3W. The van der Waals surface area contributed by atoms with E-state index in [0.717, 1.165) is 19.3 Å². The molecular weight excluding hydrogens is 454 g/mol. The zero-order valence-corrected chi connectivity index (χ0v) is 16.2. The van der Waals surface area contributed by atoms with Gasteiger partial charge in [0.2, 0.25) is 0 Å². The fourth-order valence-corrected chi connectivity index (χ4v) is 0.335. The summed E-state index contributed by atoms with van der Waals surface area (Å²) in [4.78, 5) is 0. The van der Waals surface area contributed by atoms with Gasteiger partial charge in [0.1, 0.15) is 0 Å². The molecule has 0 atom stereocenters. The van der Waals surface area contributed by atoms with Crippen molar-refractivity contribution in [1.29, 1.82) is 15.8 Å². The Bertz CT molecular complexity index is 268. The van der Waals surface area contributed by atoms with Crippen LogP contribution in [0.15, 0.2) is 0 Å². The van der Waals surface area contributed by atoms with Crippen LogP contribution in [0.5, 0.6) is 0 Å². The van der Waals surface area contributed by atoms with Crippen LogP contribution in [-0.4, -0.2) is 0 Å². The first-order valence-electron chi connectivity index (χ1n) is 5.97. The van der Waals surface area contributed by atoms with Gasteiger partial charge in [-0.2, -0.15) is 15.8 Å². The summed E-state index contributed by atoms with van der Waals surface area (Å²) < 4.78 is 22.5. The van der Waals surface area contributed by atoms with E-state index in [1.165, 1.54) is 0 Å². The van der Waals surface area contributed by atoms with Gasteiger partial charge in [-0.15, -0.1) is 0 Å². The van der Waals surface area contributed by atoms with Crippen LogP contribution in [0.2, 0.25) is 0 Å². The molecule has 22 heavy (non-hydrogen) atoms. The maximum atomic E-state index is 7.82. The molecule has 0 rings (SSSR count). The first kappa shape index (κ1) is 42.8. The van der Waals surface area contributed by atoms with E-state index in [1.807, 2.05) is 39.0 Å². The van der Waals surface area contributed by atoms with Crippen molar-refractivity contribution in [2.24, 2.45) is 0 Å². The maximum Gasteiger partial charge on any atom is 0 e. The topological polar surface area (TPSA) is 131 Å². The van der Waals surface area contributed by atoms with E-state index in [1.54, 1.807) is 0 Å². The minimum absolute atomic E-state index is 0. The Hall–Kier alpha value is -1.62. The van der Waals surface area contributed by atoms with Gasteiger partial charge in [0.15, 0.2) is 0 Å². The minimum Gasteiger partial charge on any atom is 0 e. The van der Waals surface area contributed by atoms with Crippen molar-refractivity contribution >= 4 is 0 Å². The minimum atomic E-state index is 0. The second kappa shape index (κ2) is 120. The summed E-state index contributed by atoms with van der Waals surface area (Å²) in [5.74, 6) is 0. The van der Waals surface area contributed by atoms with Crippen molar-refractivity contribution in [3.05, 3.63) is 20.0 Å². The number of hydrogen-bond donors (Lipinski definition) is 0. The van der Waals surface area contributed by atoms with Crippen molar-refractivity contribution in [2.75, 3.05) is 0 Å². The summed E-state index contributed by atoms with van der Waals surface area (Å²) in [5.41, 5.74) is 0. The summed E-state index contributed by atoms with van der Waals surface area (Å²) >= 11 is 0. The third kappa shape index (κ3) is 290. The average molecular weight is 475 g/mol. The standard InChI is InChI=1S/3C4H7N.3CO.W/c3*1-2-3-4-5;3*1-2;/h3*2-3H2,1H3;;;;. The molecule has 0 aliphatic rings. The normalized spacial score (nSPS) is 4.64. The molecule has 0 aromatic rings. The molecule has 7 heteroatoms. The molecule has 0 N–H and O–H groups in total. The molecule has 0 heterocycles. The smallest absolute Gasteiger partial charge is 0 e. The van der Waals surface area contributed by atoms with Crippen LogP contribution in [0.1, 0.15) is 59.3 Å². The third-order valence-electron chi connectivity index (χ3n) is 1.09. The molecule has 0 aromatic heterocycles. The number of nitrogens with zero attached hydrogens (tertiary/aromatic N) is 3. The quantitative estimate of drug-likeness (QED) is 0.454. The molecule has 6 nitrogen and oxygen atoms in total. The van der Waals surface area contributed by atoms with Gasteiger partial charge in [-0.3, -0.25) is 0 Å². The Balaban J connectivity index is -0.0000000257. The molecule has 0 aliphatic heterocycles. The van der Waals surface area contributed by atoms with Crippen molar-refractivity contribution in [3.8, 4) is 18.2 Å². The molecule has 0 saturated carbocycles. The Kier molecular flexibility index (Phi) is 234. The van der Waals surface area contributed by atoms with E-state index in [2.05, 4.69) is 20.0 Å². The molecule has 0 radical (unpaired) electrons. The Morgan fingerprint density at radius 2 is 0.727 bits per heavy atom. The second-order valence-electron chi connectivity index (χ2n) is 2.72. The maximum absolute atomic E-state index is 7.82. The second-order valence-corrected chi connectivity index (χ2v) is 2.72. The van der Waals surface area contributed by atoms with Crippen LogP contribution in [0, 0.1) is 53.9 Å². The van der Waals surface area contributed by atoms with E-state index in [-0.39, 0.29) is 21.1 Å². The van der Waals surface area contributed by atoms with Gasteiger partial charge in [0, 0.05) is 40.3 Å². The first-order valence-corrected chi connectivity index (χ1v) is 5.97. The van der Waals surface area contributed by atoms with Gasteiger partial charge < -0.3 is 0 Å². The predicted octanol–water partition coefficient (Wildman–Crippen LogP) is 3.82. The number of nitriles is 3. The van der Waals surface area contributed by atoms with Crippen molar-refractivity contribution in [3.63, 3.8) is 0 Å². The monoisotopic (exact) mass is 475 g/mol. The average Bonchev–Trinajstić information content (AvgIpc) is 2.57. The van der Waals surface area contributed by atoms with E-state index in [9.17, 15) is 0 Å². The number of rotatable bonds is 3. The van der Waals surface area contributed by atoms with Crippen LogP contribution in [0.25, 0.3) is 0 Å². The molecule has 0 spiro atoms. The molecule has 0 unspecified atom stereocenters. The fourth-order valence-electron chi connectivity index (χ4n) is 0.335. The van der Waals surface area contributed by atoms with E-state index in [4.69, 9.17) is 29.7 Å². The zero-order valence-electron chi connectivity index (χ0n) is 13.2. The molecule has 0 fully saturated rings. The zero-order chi connectivity index (χ0) is 18.4.